The third-order valence-corrected chi connectivity index (χ3v) is 6.12. The number of carbonyl (C=O) groups is 2. The molecule has 0 saturated heterocycles. The van der Waals surface area contributed by atoms with Gasteiger partial charge in [0, 0.05) is 30.9 Å². The summed E-state index contributed by atoms with van der Waals surface area (Å²) in [7, 11) is 5.36. The highest BCUT2D eigenvalue weighted by Gasteiger charge is 2.38. The van der Waals surface area contributed by atoms with E-state index in [0.717, 1.165) is 18.4 Å². The predicted molar refractivity (Wildman–Crippen MR) is 115 cm³/mol. The van der Waals surface area contributed by atoms with E-state index in [9.17, 15) is 9.59 Å². The average molecular weight is 416 g/mol. The van der Waals surface area contributed by atoms with Crippen LogP contribution in [0.2, 0.25) is 0 Å². The molecule has 0 bridgehead atoms. The summed E-state index contributed by atoms with van der Waals surface area (Å²) in [4.78, 5) is 29.7. The van der Waals surface area contributed by atoms with Gasteiger partial charge in [0.15, 0.2) is 0 Å². The normalized spacial score (nSPS) is 20.4. The zero-order valence-corrected chi connectivity index (χ0v) is 18.4. The van der Waals surface area contributed by atoms with E-state index in [1.54, 1.807) is 21.1 Å². The number of likely N-dealkylation sites (N-methyl/N-ethyl adjacent to an activating group) is 2. The van der Waals surface area contributed by atoms with Crippen LogP contribution in [-0.4, -0.2) is 62.2 Å². The van der Waals surface area contributed by atoms with Gasteiger partial charge in [-0.05, 0) is 32.9 Å². The Hall–Kier alpha value is -2.54. The van der Waals surface area contributed by atoms with E-state index in [1.807, 2.05) is 24.3 Å². The molecule has 7 nitrogen and oxygen atoms in total. The molecule has 1 aromatic rings. The number of nitrogens with zero attached hydrogens (tertiary/aromatic N) is 2. The predicted octanol–water partition coefficient (Wildman–Crippen LogP) is 3.47. The number of para-hydroxylation sites is 1. The molecule has 1 aliphatic heterocycles. The van der Waals surface area contributed by atoms with Crippen molar-refractivity contribution < 1.29 is 19.1 Å². The molecule has 7 heteroatoms. The highest BCUT2D eigenvalue weighted by molar-refractivity contribution is 5.95. The third kappa shape index (κ3) is 4.61. The van der Waals surface area contributed by atoms with E-state index in [0.29, 0.717) is 29.6 Å². The molecule has 164 valence electrons. The largest absolute Gasteiger partial charge is 0.496 e. The van der Waals surface area contributed by atoms with Crippen molar-refractivity contribution in [2.75, 3.05) is 34.4 Å². The Balaban J connectivity index is 2.05. The molecule has 1 aromatic carbocycles. The van der Waals surface area contributed by atoms with Crippen LogP contribution in [-0.2, 0) is 9.53 Å². The fourth-order valence-electron chi connectivity index (χ4n) is 4.42. The van der Waals surface area contributed by atoms with Crippen LogP contribution in [0.25, 0.3) is 0 Å². The average Bonchev–Trinajstić information content (AvgIpc) is 2.77. The standard InChI is InChI=1S/C23H33N3O4/c1-5-30-22(27)20-18(15-25(2)16-11-7-6-8-12-16)26(3)23(28)24-21(20)17-13-9-10-14-19(17)29-4/h9-10,13-14,16,21H,5-8,11-12,15H2,1-4H3,(H,24,28). The summed E-state index contributed by atoms with van der Waals surface area (Å²) in [6.07, 6.45) is 6.01. The number of amides is 2. The number of esters is 1. The lowest BCUT2D eigenvalue weighted by molar-refractivity contribution is -0.139. The summed E-state index contributed by atoms with van der Waals surface area (Å²) in [5.74, 6) is 0.210. The van der Waals surface area contributed by atoms with Crippen LogP contribution in [0, 0.1) is 0 Å². The summed E-state index contributed by atoms with van der Waals surface area (Å²) in [6.45, 7) is 2.56. The highest BCUT2D eigenvalue weighted by atomic mass is 16.5. The van der Waals surface area contributed by atoms with E-state index in [2.05, 4.69) is 17.3 Å². The van der Waals surface area contributed by atoms with Gasteiger partial charge in [0.1, 0.15) is 5.75 Å². The monoisotopic (exact) mass is 415 g/mol. The van der Waals surface area contributed by atoms with Gasteiger partial charge < -0.3 is 14.8 Å². The first-order valence-corrected chi connectivity index (χ1v) is 10.8. The SMILES string of the molecule is CCOC(=O)C1=C(CN(C)C2CCCCC2)N(C)C(=O)NC1c1ccccc1OC. The number of ether oxygens (including phenoxy) is 2. The Morgan fingerprint density at radius 1 is 1.23 bits per heavy atom. The van der Waals surface area contributed by atoms with E-state index in [-0.39, 0.29) is 12.6 Å². The smallest absolute Gasteiger partial charge is 0.338 e. The first-order chi connectivity index (χ1) is 14.5. The van der Waals surface area contributed by atoms with Crippen molar-refractivity contribution in [3.63, 3.8) is 0 Å². The fourth-order valence-corrected chi connectivity index (χ4v) is 4.42. The van der Waals surface area contributed by atoms with Gasteiger partial charge in [-0.3, -0.25) is 9.80 Å². The molecule has 2 aliphatic rings. The van der Waals surface area contributed by atoms with Crippen LogP contribution in [0.15, 0.2) is 35.5 Å². The molecule has 1 saturated carbocycles. The minimum Gasteiger partial charge on any atom is -0.496 e. The number of benzene rings is 1. The van der Waals surface area contributed by atoms with E-state index in [1.165, 1.54) is 24.2 Å². The molecule has 30 heavy (non-hydrogen) atoms. The second-order valence-corrected chi connectivity index (χ2v) is 7.97. The second kappa shape index (κ2) is 9.98. The van der Waals surface area contributed by atoms with E-state index >= 15 is 0 Å². The number of methoxy groups -OCH3 is 1. The Kier molecular flexibility index (Phi) is 7.37. The van der Waals surface area contributed by atoms with Crippen molar-refractivity contribution in [1.82, 2.24) is 15.1 Å². The van der Waals surface area contributed by atoms with Gasteiger partial charge in [-0.15, -0.1) is 0 Å². The Bertz CT molecular complexity index is 801. The Morgan fingerprint density at radius 2 is 1.93 bits per heavy atom. The quantitative estimate of drug-likeness (QED) is 0.691. The summed E-state index contributed by atoms with van der Waals surface area (Å²) in [6, 6.07) is 7.03. The molecule has 0 radical (unpaired) electrons. The summed E-state index contributed by atoms with van der Waals surface area (Å²) < 4.78 is 10.9. The number of urea groups is 1. The van der Waals surface area contributed by atoms with Crippen molar-refractivity contribution >= 4 is 12.0 Å². The Morgan fingerprint density at radius 3 is 2.60 bits per heavy atom. The van der Waals surface area contributed by atoms with Crippen molar-refractivity contribution in [2.45, 2.75) is 51.1 Å². The lowest BCUT2D eigenvalue weighted by atomic mass is 9.92. The number of hydrogen-bond acceptors (Lipinski definition) is 5. The number of hydrogen-bond donors (Lipinski definition) is 1. The molecule has 0 aromatic heterocycles. The van der Waals surface area contributed by atoms with Gasteiger partial charge in [0.25, 0.3) is 0 Å². The number of carbonyl (C=O) groups excluding carboxylic acids is 2. The minimum absolute atomic E-state index is 0.244. The van der Waals surface area contributed by atoms with Crippen LogP contribution >= 0.6 is 0 Å². The maximum Gasteiger partial charge on any atom is 0.338 e. The second-order valence-electron chi connectivity index (χ2n) is 7.97. The lowest BCUT2D eigenvalue weighted by Gasteiger charge is -2.38. The molecule has 1 aliphatic carbocycles. The summed E-state index contributed by atoms with van der Waals surface area (Å²) in [5, 5.41) is 2.96. The van der Waals surface area contributed by atoms with Gasteiger partial charge in [0.2, 0.25) is 0 Å². The molecule has 1 atom stereocenters. The van der Waals surface area contributed by atoms with Crippen LogP contribution in [0.4, 0.5) is 4.79 Å². The molecule has 1 unspecified atom stereocenters. The van der Waals surface area contributed by atoms with Gasteiger partial charge in [0.05, 0.1) is 25.3 Å². The van der Waals surface area contributed by atoms with Crippen LogP contribution in [0.1, 0.15) is 50.6 Å². The molecule has 1 fully saturated rings. The van der Waals surface area contributed by atoms with Crippen molar-refractivity contribution in [2.24, 2.45) is 0 Å². The van der Waals surface area contributed by atoms with Crippen molar-refractivity contribution in [1.29, 1.82) is 0 Å². The van der Waals surface area contributed by atoms with Crippen LogP contribution in [0.5, 0.6) is 5.75 Å². The van der Waals surface area contributed by atoms with Crippen LogP contribution in [0.3, 0.4) is 0 Å². The number of rotatable bonds is 7. The molecule has 2 amide bonds. The topological polar surface area (TPSA) is 71.1 Å². The summed E-state index contributed by atoms with van der Waals surface area (Å²) >= 11 is 0. The first-order valence-electron chi connectivity index (χ1n) is 10.8. The zero-order chi connectivity index (χ0) is 21.7. The van der Waals surface area contributed by atoms with E-state index < -0.39 is 12.0 Å². The zero-order valence-electron chi connectivity index (χ0n) is 18.4. The molecule has 0 spiro atoms. The fraction of sp³-hybridized carbons (Fsp3) is 0.565. The lowest BCUT2D eigenvalue weighted by Crippen LogP contribution is -2.50. The van der Waals surface area contributed by atoms with Crippen molar-refractivity contribution in [3.8, 4) is 5.75 Å². The van der Waals surface area contributed by atoms with Gasteiger partial charge >= 0.3 is 12.0 Å². The number of nitrogens with one attached hydrogen (secondary N) is 1. The maximum atomic E-state index is 13.1. The molecule has 1 heterocycles. The third-order valence-electron chi connectivity index (χ3n) is 6.12. The molecule has 1 N–H and O–H groups in total. The maximum absolute atomic E-state index is 13.1. The van der Waals surface area contributed by atoms with Crippen LogP contribution < -0.4 is 10.1 Å². The molecule has 3 rings (SSSR count). The van der Waals surface area contributed by atoms with Gasteiger partial charge in [-0.1, -0.05) is 37.5 Å². The summed E-state index contributed by atoms with van der Waals surface area (Å²) in [5.41, 5.74) is 1.88. The van der Waals surface area contributed by atoms with Gasteiger partial charge in [-0.25, -0.2) is 9.59 Å². The molecular formula is C23H33N3O4. The Labute approximate surface area is 179 Å². The highest BCUT2D eigenvalue weighted by Crippen LogP contribution is 2.36. The van der Waals surface area contributed by atoms with Crippen molar-refractivity contribution in [3.05, 3.63) is 41.1 Å². The van der Waals surface area contributed by atoms with Gasteiger partial charge in [-0.2, -0.15) is 0 Å². The minimum atomic E-state index is -0.626. The molecular weight excluding hydrogens is 382 g/mol. The van der Waals surface area contributed by atoms with E-state index in [4.69, 9.17) is 9.47 Å². The first kappa shape index (κ1) is 22.2.